The van der Waals surface area contributed by atoms with Gasteiger partial charge in [-0.2, -0.15) is 5.10 Å². The molecule has 0 fully saturated rings. The highest BCUT2D eigenvalue weighted by Gasteiger charge is 2.16. The number of aromatic nitrogens is 2. The van der Waals surface area contributed by atoms with E-state index in [-0.39, 0.29) is 5.69 Å². The first-order valence-electron chi connectivity index (χ1n) is 6.25. The van der Waals surface area contributed by atoms with Gasteiger partial charge in [-0.1, -0.05) is 30.3 Å². The van der Waals surface area contributed by atoms with Crippen LogP contribution in [0.4, 0.5) is 8.78 Å². The molecular weight excluding hydrogens is 274 g/mol. The molecule has 0 aliphatic rings. The third-order valence-electron chi connectivity index (χ3n) is 3.11. The third kappa shape index (κ3) is 2.33. The van der Waals surface area contributed by atoms with E-state index >= 15 is 0 Å². The highest BCUT2D eigenvalue weighted by Crippen LogP contribution is 2.26. The van der Waals surface area contributed by atoms with E-state index in [0.29, 0.717) is 17.5 Å². The first-order chi connectivity index (χ1) is 10.2. The number of rotatable bonds is 3. The molecule has 2 aromatic carbocycles. The van der Waals surface area contributed by atoms with Gasteiger partial charge in [0.2, 0.25) is 0 Å². The highest BCUT2D eigenvalue weighted by atomic mass is 19.1. The quantitative estimate of drug-likeness (QED) is 0.688. The first-order valence-corrected chi connectivity index (χ1v) is 6.25. The van der Waals surface area contributed by atoms with Crippen molar-refractivity contribution in [2.24, 2.45) is 0 Å². The monoisotopic (exact) mass is 284 g/mol. The molecule has 0 saturated carbocycles. The molecule has 3 nitrogen and oxygen atoms in total. The summed E-state index contributed by atoms with van der Waals surface area (Å²) in [5.74, 6) is -1.41. The number of hydrogen-bond acceptors (Lipinski definition) is 2. The smallest absolute Gasteiger partial charge is 0.153 e. The van der Waals surface area contributed by atoms with Gasteiger partial charge in [-0.15, -0.1) is 0 Å². The van der Waals surface area contributed by atoms with E-state index in [4.69, 9.17) is 0 Å². The third-order valence-corrected chi connectivity index (χ3v) is 3.11. The van der Waals surface area contributed by atoms with Crippen molar-refractivity contribution < 1.29 is 13.6 Å². The van der Waals surface area contributed by atoms with Crippen molar-refractivity contribution in [2.75, 3.05) is 0 Å². The Bertz CT molecular complexity index is 797. The van der Waals surface area contributed by atoms with Crippen molar-refractivity contribution in [3.8, 4) is 16.9 Å². The summed E-state index contributed by atoms with van der Waals surface area (Å²) in [7, 11) is 0. The lowest BCUT2D eigenvalue weighted by Gasteiger charge is -2.09. The molecule has 5 heteroatoms. The van der Waals surface area contributed by atoms with Crippen LogP contribution in [0, 0.1) is 11.6 Å². The van der Waals surface area contributed by atoms with Crippen molar-refractivity contribution in [3.63, 3.8) is 0 Å². The van der Waals surface area contributed by atoms with Gasteiger partial charge in [0.15, 0.2) is 12.1 Å². The summed E-state index contributed by atoms with van der Waals surface area (Å²) >= 11 is 0. The van der Waals surface area contributed by atoms with E-state index in [1.165, 1.54) is 16.9 Å². The van der Waals surface area contributed by atoms with Gasteiger partial charge in [-0.05, 0) is 12.1 Å². The second kappa shape index (κ2) is 5.28. The molecule has 0 amide bonds. The van der Waals surface area contributed by atoms with Crippen LogP contribution in [0.15, 0.2) is 54.7 Å². The standard InChI is InChI=1S/C16H10F2N2O/c17-13-6-7-15(14(18)8-13)20-16(12(10-21)9-19-20)11-4-2-1-3-5-11/h1-10H. The van der Waals surface area contributed by atoms with Crippen LogP contribution in [0.3, 0.4) is 0 Å². The van der Waals surface area contributed by atoms with Crippen LogP contribution >= 0.6 is 0 Å². The number of carbonyl (C=O) groups is 1. The molecule has 104 valence electrons. The number of nitrogens with zero attached hydrogens (tertiary/aromatic N) is 2. The molecule has 0 aliphatic heterocycles. The molecule has 0 radical (unpaired) electrons. The zero-order valence-corrected chi connectivity index (χ0v) is 10.8. The van der Waals surface area contributed by atoms with Gasteiger partial charge in [0.05, 0.1) is 17.5 Å². The van der Waals surface area contributed by atoms with Crippen LogP contribution in [0.25, 0.3) is 16.9 Å². The van der Waals surface area contributed by atoms with Gasteiger partial charge in [0.25, 0.3) is 0 Å². The number of aldehydes is 1. The predicted octanol–water partition coefficient (Wildman–Crippen LogP) is 3.63. The summed E-state index contributed by atoms with van der Waals surface area (Å²) < 4.78 is 28.3. The Balaban J connectivity index is 2.25. The lowest BCUT2D eigenvalue weighted by Crippen LogP contribution is -2.03. The zero-order valence-electron chi connectivity index (χ0n) is 10.8. The first kappa shape index (κ1) is 13.2. The Kier molecular flexibility index (Phi) is 3.31. The van der Waals surface area contributed by atoms with E-state index < -0.39 is 11.6 Å². The summed E-state index contributed by atoms with van der Waals surface area (Å²) in [6, 6.07) is 12.3. The van der Waals surface area contributed by atoms with Crippen molar-refractivity contribution in [1.29, 1.82) is 0 Å². The van der Waals surface area contributed by atoms with Gasteiger partial charge in [0, 0.05) is 11.6 Å². The summed E-state index contributed by atoms with van der Waals surface area (Å²) in [6.45, 7) is 0. The molecular formula is C16H10F2N2O. The number of hydrogen-bond donors (Lipinski definition) is 0. The second-order valence-electron chi connectivity index (χ2n) is 4.44. The fourth-order valence-electron chi connectivity index (χ4n) is 2.17. The molecule has 0 spiro atoms. The van der Waals surface area contributed by atoms with E-state index in [1.54, 1.807) is 12.1 Å². The minimum absolute atomic E-state index is 0.0864. The molecule has 0 atom stereocenters. The maximum absolute atomic E-state index is 14.0. The van der Waals surface area contributed by atoms with E-state index in [1.807, 2.05) is 18.2 Å². The van der Waals surface area contributed by atoms with Gasteiger partial charge < -0.3 is 0 Å². The largest absolute Gasteiger partial charge is 0.298 e. The molecule has 3 rings (SSSR count). The maximum atomic E-state index is 14.0. The van der Waals surface area contributed by atoms with Crippen LogP contribution in [-0.2, 0) is 0 Å². The molecule has 0 bridgehead atoms. The number of benzene rings is 2. The van der Waals surface area contributed by atoms with Crippen LogP contribution in [0.2, 0.25) is 0 Å². The van der Waals surface area contributed by atoms with Crippen LogP contribution in [0.1, 0.15) is 10.4 Å². The molecule has 0 unspecified atom stereocenters. The van der Waals surface area contributed by atoms with Crippen molar-refractivity contribution in [1.82, 2.24) is 9.78 Å². The molecule has 1 aromatic heterocycles. The number of carbonyl (C=O) groups excluding carboxylic acids is 1. The average Bonchev–Trinajstić information content (AvgIpc) is 2.92. The Morgan fingerprint density at radius 1 is 1.05 bits per heavy atom. The van der Waals surface area contributed by atoms with Crippen molar-refractivity contribution in [2.45, 2.75) is 0 Å². The Morgan fingerprint density at radius 3 is 2.48 bits per heavy atom. The normalized spacial score (nSPS) is 10.6. The fourth-order valence-corrected chi connectivity index (χ4v) is 2.17. The molecule has 0 saturated heterocycles. The van der Waals surface area contributed by atoms with Crippen LogP contribution in [-0.4, -0.2) is 16.1 Å². The van der Waals surface area contributed by atoms with E-state index in [2.05, 4.69) is 5.10 Å². The molecule has 1 heterocycles. The summed E-state index contributed by atoms with van der Waals surface area (Å²) in [5, 5.41) is 4.05. The molecule has 0 N–H and O–H groups in total. The topological polar surface area (TPSA) is 34.9 Å². The van der Waals surface area contributed by atoms with E-state index in [0.717, 1.165) is 17.7 Å². The summed E-state index contributed by atoms with van der Waals surface area (Å²) in [4.78, 5) is 11.2. The number of halogens is 2. The highest BCUT2D eigenvalue weighted by molar-refractivity contribution is 5.86. The van der Waals surface area contributed by atoms with Gasteiger partial charge in [0.1, 0.15) is 11.5 Å². The predicted molar refractivity (Wildman–Crippen MR) is 74.3 cm³/mol. The zero-order chi connectivity index (χ0) is 14.8. The summed E-state index contributed by atoms with van der Waals surface area (Å²) in [5.41, 5.74) is 1.62. The molecule has 0 aliphatic carbocycles. The fraction of sp³-hybridized carbons (Fsp3) is 0. The maximum Gasteiger partial charge on any atom is 0.153 e. The minimum atomic E-state index is -0.743. The van der Waals surface area contributed by atoms with Crippen LogP contribution in [0.5, 0.6) is 0 Å². The van der Waals surface area contributed by atoms with Crippen LogP contribution < -0.4 is 0 Å². The van der Waals surface area contributed by atoms with Gasteiger partial charge in [-0.3, -0.25) is 4.79 Å². The Hall–Kier alpha value is -2.82. The molecule has 3 aromatic rings. The summed E-state index contributed by atoms with van der Waals surface area (Å²) in [6.07, 6.45) is 2.02. The van der Waals surface area contributed by atoms with E-state index in [9.17, 15) is 13.6 Å². The SMILES string of the molecule is O=Cc1cnn(-c2ccc(F)cc2F)c1-c1ccccc1. The Labute approximate surface area is 119 Å². The minimum Gasteiger partial charge on any atom is -0.298 e. The Morgan fingerprint density at radius 2 is 1.81 bits per heavy atom. The lowest BCUT2D eigenvalue weighted by atomic mass is 10.1. The molecule has 21 heavy (non-hydrogen) atoms. The van der Waals surface area contributed by atoms with Gasteiger partial charge >= 0.3 is 0 Å². The van der Waals surface area contributed by atoms with Crippen molar-refractivity contribution in [3.05, 3.63) is 71.9 Å². The van der Waals surface area contributed by atoms with Crippen molar-refractivity contribution >= 4 is 6.29 Å². The average molecular weight is 284 g/mol. The second-order valence-corrected chi connectivity index (χ2v) is 4.44. The lowest BCUT2D eigenvalue weighted by molar-refractivity contribution is 0.112. The van der Waals surface area contributed by atoms with Gasteiger partial charge in [-0.25, -0.2) is 13.5 Å².